The number of carboxylic acid groups (broad SMARTS) is 1. The first kappa shape index (κ1) is 6.55. The molecule has 0 amide bonds. The van der Waals surface area contributed by atoms with Gasteiger partial charge in [0, 0.05) is 0 Å². The molecule has 1 rings (SSSR count). The molecule has 3 nitrogen and oxygen atoms in total. The highest BCUT2D eigenvalue weighted by molar-refractivity contribution is 5.73. The molecular weight excluding hydrogens is 118 g/mol. The minimum atomic E-state index is -0.873. The Morgan fingerprint density at radius 1 is 1.78 bits per heavy atom. The second-order valence-corrected chi connectivity index (χ2v) is 2.62. The summed E-state index contributed by atoms with van der Waals surface area (Å²) in [5, 5.41) is 8.33. The van der Waals surface area contributed by atoms with Crippen LogP contribution in [-0.4, -0.2) is 17.1 Å². The fourth-order valence-corrected chi connectivity index (χ4v) is 0.813. The third kappa shape index (κ3) is 2.01. The molecule has 0 aromatic carbocycles. The van der Waals surface area contributed by atoms with Gasteiger partial charge in [0.05, 0.1) is 0 Å². The van der Waals surface area contributed by atoms with Gasteiger partial charge in [-0.25, -0.2) is 0 Å². The number of hydrogen-bond donors (Lipinski definition) is 2. The summed E-state index contributed by atoms with van der Waals surface area (Å²) in [6, 6.07) is -0.627. The molecule has 1 aliphatic rings. The SMILES string of the molecule is NC(CC1CC1)C(=O)O. The lowest BCUT2D eigenvalue weighted by Crippen LogP contribution is -2.30. The van der Waals surface area contributed by atoms with Gasteiger partial charge in [-0.05, 0) is 12.3 Å². The van der Waals surface area contributed by atoms with Crippen molar-refractivity contribution in [3.63, 3.8) is 0 Å². The largest absolute Gasteiger partial charge is 0.480 e. The molecule has 0 radical (unpaired) electrons. The van der Waals surface area contributed by atoms with Crippen molar-refractivity contribution >= 4 is 5.97 Å². The van der Waals surface area contributed by atoms with E-state index < -0.39 is 12.0 Å². The van der Waals surface area contributed by atoms with Crippen molar-refractivity contribution < 1.29 is 9.90 Å². The van der Waals surface area contributed by atoms with Crippen LogP contribution in [0, 0.1) is 5.92 Å². The van der Waals surface area contributed by atoms with Gasteiger partial charge < -0.3 is 10.8 Å². The third-order valence-electron chi connectivity index (χ3n) is 1.60. The first-order valence-corrected chi connectivity index (χ1v) is 3.18. The number of aliphatic carboxylic acids is 1. The van der Waals surface area contributed by atoms with Gasteiger partial charge in [-0.15, -0.1) is 0 Å². The number of hydrogen-bond acceptors (Lipinski definition) is 2. The summed E-state index contributed by atoms with van der Waals surface area (Å²) >= 11 is 0. The monoisotopic (exact) mass is 129 g/mol. The van der Waals surface area contributed by atoms with Crippen molar-refractivity contribution in [3.05, 3.63) is 0 Å². The molecule has 0 aromatic rings. The molecule has 0 spiro atoms. The summed E-state index contributed by atoms with van der Waals surface area (Å²) in [7, 11) is 0. The zero-order valence-corrected chi connectivity index (χ0v) is 5.21. The van der Waals surface area contributed by atoms with Crippen molar-refractivity contribution in [2.24, 2.45) is 11.7 Å². The average Bonchev–Trinajstić information content (AvgIpc) is 2.50. The Morgan fingerprint density at radius 2 is 2.33 bits per heavy atom. The maximum atomic E-state index is 10.1. The predicted octanol–water partition coefficient (Wildman–Crippen LogP) is 0.198. The van der Waals surface area contributed by atoms with Crippen LogP contribution in [-0.2, 0) is 4.79 Å². The van der Waals surface area contributed by atoms with Crippen molar-refractivity contribution in [3.8, 4) is 0 Å². The molecule has 1 saturated carbocycles. The van der Waals surface area contributed by atoms with Crippen LogP contribution in [0.2, 0.25) is 0 Å². The topological polar surface area (TPSA) is 63.3 Å². The van der Waals surface area contributed by atoms with Crippen LogP contribution in [0.5, 0.6) is 0 Å². The van der Waals surface area contributed by atoms with E-state index in [0.717, 1.165) is 0 Å². The van der Waals surface area contributed by atoms with Crippen LogP contribution in [0.15, 0.2) is 0 Å². The zero-order chi connectivity index (χ0) is 6.85. The van der Waals surface area contributed by atoms with Gasteiger partial charge in [-0.1, -0.05) is 12.8 Å². The van der Waals surface area contributed by atoms with E-state index in [1.165, 1.54) is 12.8 Å². The number of carbonyl (C=O) groups is 1. The van der Waals surface area contributed by atoms with Gasteiger partial charge in [0.15, 0.2) is 0 Å². The molecule has 0 aromatic heterocycles. The van der Waals surface area contributed by atoms with Crippen LogP contribution in [0.25, 0.3) is 0 Å². The van der Waals surface area contributed by atoms with Crippen LogP contribution in [0.3, 0.4) is 0 Å². The van der Waals surface area contributed by atoms with Crippen molar-refractivity contribution in [1.29, 1.82) is 0 Å². The molecule has 0 aliphatic heterocycles. The van der Waals surface area contributed by atoms with Gasteiger partial charge in [0.25, 0.3) is 0 Å². The molecule has 1 fully saturated rings. The number of rotatable bonds is 3. The lowest BCUT2D eigenvalue weighted by Gasteiger charge is -2.02. The first-order chi connectivity index (χ1) is 4.20. The normalized spacial score (nSPS) is 21.4. The minimum Gasteiger partial charge on any atom is -0.480 e. The second kappa shape index (κ2) is 2.35. The lowest BCUT2D eigenvalue weighted by atomic mass is 10.1. The summed E-state index contributed by atoms with van der Waals surface area (Å²) in [5.41, 5.74) is 5.26. The molecule has 3 N–H and O–H groups in total. The van der Waals surface area contributed by atoms with E-state index in [-0.39, 0.29) is 0 Å². The summed E-state index contributed by atoms with van der Waals surface area (Å²) in [6.45, 7) is 0. The Bertz CT molecular complexity index is 120. The Kier molecular flexibility index (Phi) is 1.71. The summed E-state index contributed by atoms with van der Waals surface area (Å²) in [6.07, 6.45) is 3.00. The van der Waals surface area contributed by atoms with Gasteiger partial charge in [0.2, 0.25) is 0 Å². The first-order valence-electron chi connectivity index (χ1n) is 3.18. The molecule has 0 heterocycles. The Labute approximate surface area is 53.9 Å². The van der Waals surface area contributed by atoms with Gasteiger partial charge in [0.1, 0.15) is 6.04 Å². The van der Waals surface area contributed by atoms with E-state index in [0.29, 0.717) is 12.3 Å². The molecule has 0 saturated heterocycles. The highest BCUT2D eigenvalue weighted by Gasteiger charge is 2.26. The standard InChI is InChI=1S/C6H11NO2/c7-5(6(8)9)3-4-1-2-4/h4-5H,1-3,7H2,(H,8,9). The Morgan fingerprint density at radius 3 is 2.67 bits per heavy atom. The van der Waals surface area contributed by atoms with E-state index in [1.807, 2.05) is 0 Å². The van der Waals surface area contributed by atoms with Crippen LogP contribution < -0.4 is 5.73 Å². The van der Waals surface area contributed by atoms with E-state index in [1.54, 1.807) is 0 Å². The molecule has 1 aliphatic carbocycles. The maximum Gasteiger partial charge on any atom is 0.320 e. The minimum absolute atomic E-state index is 0.607. The van der Waals surface area contributed by atoms with Crippen LogP contribution >= 0.6 is 0 Å². The maximum absolute atomic E-state index is 10.1. The fourth-order valence-electron chi connectivity index (χ4n) is 0.813. The lowest BCUT2D eigenvalue weighted by molar-refractivity contribution is -0.138. The molecule has 0 bridgehead atoms. The summed E-state index contributed by atoms with van der Waals surface area (Å²) < 4.78 is 0. The van der Waals surface area contributed by atoms with E-state index in [2.05, 4.69) is 0 Å². The molecule has 52 valence electrons. The summed E-state index contributed by atoms with van der Waals surface area (Å²) in [5.74, 6) is -0.266. The fraction of sp³-hybridized carbons (Fsp3) is 0.833. The molecular formula is C6H11NO2. The van der Waals surface area contributed by atoms with Crippen LogP contribution in [0.1, 0.15) is 19.3 Å². The predicted molar refractivity (Wildman–Crippen MR) is 33.0 cm³/mol. The smallest absolute Gasteiger partial charge is 0.320 e. The molecule has 3 heteroatoms. The van der Waals surface area contributed by atoms with Crippen molar-refractivity contribution in [2.75, 3.05) is 0 Å². The Hall–Kier alpha value is -0.570. The summed E-state index contributed by atoms with van der Waals surface area (Å²) in [4.78, 5) is 10.1. The van der Waals surface area contributed by atoms with E-state index >= 15 is 0 Å². The number of carboxylic acids is 1. The molecule has 1 atom stereocenters. The average molecular weight is 129 g/mol. The van der Waals surface area contributed by atoms with Crippen molar-refractivity contribution in [2.45, 2.75) is 25.3 Å². The third-order valence-corrected chi connectivity index (χ3v) is 1.60. The highest BCUT2D eigenvalue weighted by Crippen LogP contribution is 2.32. The Balaban J connectivity index is 2.16. The number of nitrogens with two attached hydrogens (primary N) is 1. The van der Waals surface area contributed by atoms with Gasteiger partial charge in [-0.3, -0.25) is 4.79 Å². The van der Waals surface area contributed by atoms with E-state index in [4.69, 9.17) is 10.8 Å². The quantitative estimate of drug-likeness (QED) is 0.572. The van der Waals surface area contributed by atoms with Gasteiger partial charge in [-0.2, -0.15) is 0 Å². The van der Waals surface area contributed by atoms with Crippen molar-refractivity contribution in [1.82, 2.24) is 0 Å². The highest BCUT2D eigenvalue weighted by atomic mass is 16.4. The van der Waals surface area contributed by atoms with E-state index in [9.17, 15) is 4.79 Å². The van der Waals surface area contributed by atoms with Crippen LogP contribution in [0.4, 0.5) is 0 Å². The second-order valence-electron chi connectivity index (χ2n) is 2.62. The zero-order valence-electron chi connectivity index (χ0n) is 5.21. The molecule has 1 unspecified atom stereocenters. The molecule has 9 heavy (non-hydrogen) atoms. The van der Waals surface area contributed by atoms with Gasteiger partial charge >= 0.3 is 5.97 Å².